The number of amides is 2. The van der Waals surface area contributed by atoms with Crippen molar-refractivity contribution in [3.05, 3.63) is 57.9 Å². The number of nitrogens with two attached hydrogens (primary N) is 1. The van der Waals surface area contributed by atoms with Crippen LogP contribution in [0.5, 0.6) is 5.75 Å². The quantitative estimate of drug-likeness (QED) is 0.600. The average Bonchev–Trinajstić information content (AvgIpc) is 2.98. The summed E-state index contributed by atoms with van der Waals surface area (Å²) >= 11 is 0. The molecule has 0 spiro atoms. The molecule has 3 N–H and O–H groups in total. The van der Waals surface area contributed by atoms with Gasteiger partial charge in [0, 0.05) is 18.4 Å². The lowest BCUT2D eigenvalue weighted by atomic mass is 10.2. The van der Waals surface area contributed by atoms with Gasteiger partial charge in [0.15, 0.2) is 11.4 Å². The molecule has 9 heteroatoms. The fourth-order valence-corrected chi connectivity index (χ4v) is 3.51. The van der Waals surface area contributed by atoms with Crippen LogP contribution in [-0.2, 0) is 18.3 Å². The highest BCUT2D eigenvalue weighted by molar-refractivity contribution is 6.05. The van der Waals surface area contributed by atoms with Crippen LogP contribution >= 0.6 is 0 Å². The molecule has 0 bridgehead atoms. The molecule has 3 aromatic rings. The minimum absolute atomic E-state index is 0.112. The number of pyridine rings is 1. The number of nitrogens with one attached hydrogen (secondary N) is 1. The second-order valence-electron chi connectivity index (χ2n) is 7.42. The predicted molar refractivity (Wildman–Crippen MR) is 115 cm³/mol. The normalized spacial score (nSPS) is 11.2. The number of aromatic nitrogens is 2. The SMILES string of the molecule is CCc1cc2c(c(OC(C)C)c(C(=O)NCC(N)=O)n2C)c(=O)n1-c1ccc(F)cc1. The molecule has 3 rings (SSSR count). The molecule has 31 heavy (non-hydrogen) atoms. The van der Waals surface area contributed by atoms with Crippen molar-refractivity contribution in [3.8, 4) is 11.4 Å². The molecule has 2 amide bonds. The smallest absolute Gasteiger partial charge is 0.272 e. The lowest BCUT2D eigenvalue weighted by Crippen LogP contribution is -2.34. The summed E-state index contributed by atoms with van der Waals surface area (Å²) in [6.45, 7) is 5.11. The van der Waals surface area contributed by atoms with Crippen molar-refractivity contribution in [2.75, 3.05) is 6.54 Å². The van der Waals surface area contributed by atoms with Crippen molar-refractivity contribution in [3.63, 3.8) is 0 Å². The van der Waals surface area contributed by atoms with E-state index in [1.807, 2.05) is 6.92 Å². The molecular weight excluding hydrogens is 403 g/mol. The summed E-state index contributed by atoms with van der Waals surface area (Å²) in [6, 6.07) is 7.41. The zero-order chi connectivity index (χ0) is 22.9. The number of halogens is 1. The van der Waals surface area contributed by atoms with Gasteiger partial charge >= 0.3 is 0 Å². The minimum atomic E-state index is -0.689. The van der Waals surface area contributed by atoms with Gasteiger partial charge < -0.3 is 20.4 Å². The number of carbonyl (C=O) groups excluding carboxylic acids is 2. The summed E-state index contributed by atoms with van der Waals surface area (Å²) in [5.74, 6) is -1.56. The molecule has 0 unspecified atom stereocenters. The van der Waals surface area contributed by atoms with E-state index < -0.39 is 17.6 Å². The first-order valence-electron chi connectivity index (χ1n) is 9.92. The first kappa shape index (κ1) is 22.1. The van der Waals surface area contributed by atoms with Crippen molar-refractivity contribution in [1.82, 2.24) is 14.5 Å². The monoisotopic (exact) mass is 428 g/mol. The molecule has 0 aliphatic heterocycles. The van der Waals surface area contributed by atoms with E-state index in [1.165, 1.54) is 28.8 Å². The van der Waals surface area contributed by atoms with Gasteiger partial charge in [0.25, 0.3) is 11.5 Å². The number of benzene rings is 1. The van der Waals surface area contributed by atoms with E-state index in [1.54, 1.807) is 31.5 Å². The van der Waals surface area contributed by atoms with Crippen molar-refractivity contribution < 1.29 is 18.7 Å². The van der Waals surface area contributed by atoms with Crippen molar-refractivity contribution in [2.24, 2.45) is 12.8 Å². The van der Waals surface area contributed by atoms with Crippen LogP contribution in [0.25, 0.3) is 16.6 Å². The number of ether oxygens (including phenoxy) is 1. The van der Waals surface area contributed by atoms with Gasteiger partial charge in [-0.15, -0.1) is 0 Å². The summed E-state index contributed by atoms with van der Waals surface area (Å²) < 4.78 is 22.4. The van der Waals surface area contributed by atoms with Gasteiger partial charge in [-0.25, -0.2) is 4.39 Å². The Hall–Kier alpha value is -3.62. The van der Waals surface area contributed by atoms with Gasteiger partial charge in [-0.3, -0.25) is 19.0 Å². The van der Waals surface area contributed by atoms with Crippen molar-refractivity contribution >= 4 is 22.7 Å². The minimum Gasteiger partial charge on any atom is -0.488 e. The second kappa shape index (κ2) is 8.63. The van der Waals surface area contributed by atoms with Crippen LogP contribution < -0.4 is 21.3 Å². The van der Waals surface area contributed by atoms with Gasteiger partial charge in [-0.1, -0.05) is 6.92 Å². The molecule has 0 radical (unpaired) electrons. The summed E-state index contributed by atoms with van der Waals surface area (Å²) in [5.41, 5.74) is 6.56. The Kier molecular flexibility index (Phi) is 6.14. The Bertz CT molecular complexity index is 1210. The third kappa shape index (κ3) is 4.16. The number of fused-ring (bicyclic) bond motifs is 1. The fourth-order valence-electron chi connectivity index (χ4n) is 3.51. The largest absolute Gasteiger partial charge is 0.488 e. The van der Waals surface area contributed by atoms with Crippen LogP contribution in [0.3, 0.4) is 0 Å². The summed E-state index contributed by atoms with van der Waals surface area (Å²) in [5, 5.41) is 2.67. The number of nitrogens with zero attached hydrogens (tertiary/aromatic N) is 2. The topological polar surface area (TPSA) is 108 Å². The van der Waals surface area contributed by atoms with Crippen LogP contribution in [0.15, 0.2) is 35.1 Å². The van der Waals surface area contributed by atoms with Gasteiger partial charge in [-0.05, 0) is 50.6 Å². The Labute approximate surface area is 178 Å². The van der Waals surface area contributed by atoms with Gasteiger partial charge in [0.1, 0.15) is 11.2 Å². The third-order valence-corrected chi connectivity index (χ3v) is 4.84. The molecule has 0 saturated heterocycles. The Balaban J connectivity index is 2.35. The highest BCUT2D eigenvalue weighted by atomic mass is 19.1. The van der Waals surface area contributed by atoms with E-state index in [-0.39, 0.29) is 35.0 Å². The van der Waals surface area contributed by atoms with Gasteiger partial charge in [-0.2, -0.15) is 0 Å². The Morgan fingerprint density at radius 3 is 2.42 bits per heavy atom. The number of rotatable bonds is 7. The van der Waals surface area contributed by atoms with E-state index in [9.17, 15) is 18.8 Å². The number of hydrogen-bond acceptors (Lipinski definition) is 4. The first-order valence-corrected chi connectivity index (χ1v) is 9.92. The molecule has 0 fully saturated rings. The fraction of sp³-hybridized carbons (Fsp3) is 0.318. The maximum Gasteiger partial charge on any atom is 0.272 e. The summed E-state index contributed by atoms with van der Waals surface area (Å²) in [4.78, 5) is 37.6. The van der Waals surface area contributed by atoms with E-state index in [0.29, 0.717) is 23.3 Å². The lowest BCUT2D eigenvalue weighted by molar-refractivity contribution is -0.117. The first-order chi connectivity index (χ1) is 14.6. The number of carbonyl (C=O) groups is 2. The van der Waals surface area contributed by atoms with Crippen molar-refractivity contribution in [1.29, 1.82) is 0 Å². The van der Waals surface area contributed by atoms with Crippen LogP contribution in [0.2, 0.25) is 0 Å². The van der Waals surface area contributed by atoms with E-state index in [0.717, 1.165) is 0 Å². The molecule has 164 valence electrons. The molecule has 0 aliphatic carbocycles. The average molecular weight is 428 g/mol. The zero-order valence-electron chi connectivity index (χ0n) is 17.9. The molecule has 0 saturated carbocycles. The third-order valence-electron chi connectivity index (χ3n) is 4.84. The molecule has 2 heterocycles. The summed E-state index contributed by atoms with van der Waals surface area (Å²) in [6.07, 6.45) is 0.204. The van der Waals surface area contributed by atoms with E-state index in [4.69, 9.17) is 10.5 Å². The second-order valence-corrected chi connectivity index (χ2v) is 7.42. The molecule has 8 nitrogen and oxygen atoms in total. The molecular formula is C22H25FN4O4. The molecule has 2 aromatic heterocycles. The standard InChI is InChI=1S/C22H25FN4O4/c1-5-14-10-16-18(22(30)27(14)15-8-6-13(23)7-9-15)20(31-12(2)3)19(26(16)4)21(29)25-11-17(24)28/h6-10,12H,5,11H2,1-4H3,(H2,24,28)(H,25,29). The van der Waals surface area contributed by atoms with Crippen molar-refractivity contribution in [2.45, 2.75) is 33.3 Å². The van der Waals surface area contributed by atoms with Crippen LogP contribution in [-0.4, -0.2) is 33.6 Å². The summed E-state index contributed by atoms with van der Waals surface area (Å²) in [7, 11) is 1.65. The van der Waals surface area contributed by atoms with Crippen LogP contribution in [0.4, 0.5) is 4.39 Å². The van der Waals surface area contributed by atoms with E-state index >= 15 is 0 Å². The maximum absolute atomic E-state index is 13.6. The molecule has 0 aliphatic rings. The maximum atomic E-state index is 13.6. The number of hydrogen-bond donors (Lipinski definition) is 2. The zero-order valence-corrected chi connectivity index (χ0v) is 17.9. The molecule has 0 atom stereocenters. The highest BCUT2D eigenvalue weighted by Gasteiger charge is 2.27. The number of aryl methyl sites for hydroxylation is 2. The number of primary amides is 1. The van der Waals surface area contributed by atoms with Crippen LogP contribution in [0, 0.1) is 5.82 Å². The Morgan fingerprint density at radius 2 is 1.87 bits per heavy atom. The van der Waals surface area contributed by atoms with Gasteiger partial charge in [0.05, 0.1) is 18.2 Å². The van der Waals surface area contributed by atoms with Gasteiger partial charge in [0.2, 0.25) is 5.91 Å². The van der Waals surface area contributed by atoms with E-state index in [2.05, 4.69) is 5.32 Å². The van der Waals surface area contributed by atoms with Crippen LogP contribution in [0.1, 0.15) is 37.0 Å². The molecule has 1 aromatic carbocycles. The predicted octanol–water partition coefficient (Wildman–Crippen LogP) is 2.03. The highest BCUT2D eigenvalue weighted by Crippen LogP contribution is 2.32. The lowest BCUT2D eigenvalue weighted by Gasteiger charge is -2.14. The Morgan fingerprint density at radius 1 is 1.23 bits per heavy atom.